The Labute approximate surface area is 65.0 Å². The van der Waals surface area contributed by atoms with Gasteiger partial charge in [0.05, 0.1) is 11.6 Å². The van der Waals surface area contributed by atoms with Crippen LogP contribution in [-0.2, 0) is 0 Å². The first-order valence-electron chi connectivity index (χ1n) is 2.77. The maximum atomic E-state index is 8.45. The number of anilines is 1. The van der Waals surface area contributed by atoms with Crippen molar-refractivity contribution in [3.8, 4) is 6.07 Å². The van der Waals surface area contributed by atoms with Gasteiger partial charge in [-0.2, -0.15) is 5.26 Å². The summed E-state index contributed by atoms with van der Waals surface area (Å²) >= 11 is 3.84. The Balaban J connectivity index is 3.01. The van der Waals surface area contributed by atoms with Crippen LogP contribution in [-0.4, -0.2) is 0 Å². The highest BCUT2D eigenvalue weighted by Crippen LogP contribution is 2.09. The van der Waals surface area contributed by atoms with E-state index in [-0.39, 0.29) is 0 Å². The van der Waals surface area contributed by atoms with Crippen molar-refractivity contribution >= 4 is 18.5 Å². The van der Waals surface area contributed by atoms with Crippen molar-refractivity contribution in [2.24, 2.45) is 0 Å². The van der Waals surface area contributed by atoms with E-state index in [1.807, 2.05) is 12.1 Å². The molecular formula is C7H6N2S. The van der Waals surface area contributed by atoms with Crippen LogP contribution < -0.4 is 4.72 Å². The van der Waals surface area contributed by atoms with E-state index in [9.17, 15) is 0 Å². The molecule has 0 spiro atoms. The quantitative estimate of drug-likeness (QED) is 0.599. The predicted molar refractivity (Wildman–Crippen MR) is 43.8 cm³/mol. The molecule has 10 heavy (non-hydrogen) atoms. The number of hydrogen-bond acceptors (Lipinski definition) is 3. The van der Waals surface area contributed by atoms with Gasteiger partial charge in [-0.05, 0) is 18.2 Å². The summed E-state index contributed by atoms with van der Waals surface area (Å²) in [7, 11) is 0. The Morgan fingerprint density at radius 2 is 2.30 bits per heavy atom. The summed E-state index contributed by atoms with van der Waals surface area (Å²) in [4.78, 5) is 0. The molecule has 0 bridgehead atoms. The number of nitrogens with one attached hydrogen (secondary N) is 1. The van der Waals surface area contributed by atoms with Crippen molar-refractivity contribution in [1.82, 2.24) is 0 Å². The molecule has 0 unspecified atom stereocenters. The summed E-state index contributed by atoms with van der Waals surface area (Å²) in [6, 6.07) is 9.15. The second-order valence-electron chi connectivity index (χ2n) is 1.80. The zero-order valence-corrected chi connectivity index (χ0v) is 6.10. The van der Waals surface area contributed by atoms with Crippen LogP contribution in [0.4, 0.5) is 5.69 Å². The molecule has 1 aromatic carbocycles. The lowest BCUT2D eigenvalue weighted by molar-refractivity contribution is 1.48. The molecule has 0 aliphatic rings. The van der Waals surface area contributed by atoms with Gasteiger partial charge in [-0.25, -0.2) is 0 Å². The lowest BCUT2D eigenvalue weighted by Gasteiger charge is -1.95. The average Bonchev–Trinajstić information content (AvgIpc) is 2.05. The number of thiol groups is 1. The summed E-state index contributed by atoms with van der Waals surface area (Å²) in [6.45, 7) is 0. The van der Waals surface area contributed by atoms with Crippen molar-refractivity contribution in [3.05, 3.63) is 29.8 Å². The number of benzene rings is 1. The molecule has 0 amide bonds. The van der Waals surface area contributed by atoms with Crippen LogP contribution in [0.2, 0.25) is 0 Å². The minimum absolute atomic E-state index is 0.638. The van der Waals surface area contributed by atoms with Gasteiger partial charge < -0.3 is 4.72 Å². The maximum Gasteiger partial charge on any atom is 0.0992 e. The van der Waals surface area contributed by atoms with E-state index >= 15 is 0 Å². The summed E-state index contributed by atoms with van der Waals surface area (Å²) in [6.07, 6.45) is 0. The molecule has 0 radical (unpaired) electrons. The molecule has 1 N–H and O–H groups in total. The lowest BCUT2D eigenvalue weighted by Crippen LogP contribution is -1.80. The number of rotatable bonds is 1. The van der Waals surface area contributed by atoms with Crippen molar-refractivity contribution in [2.75, 3.05) is 4.72 Å². The van der Waals surface area contributed by atoms with E-state index in [2.05, 4.69) is 17.5 Å². The molecule has 0 saturated heterocycles. The smallest absolute Gasteiger partial charge is 0.0992 e. The van der Waals surface area contributed by atoms with Crippen LogP contribution in [0, 0.1) is 11.3 Å². The molecule has 0 heterocycles. The molecule has 0 aliphatic heterocycles. The van der Waals surface area contributed by atoms with Crippen molar-refractivity contribution in [3.63, 3.8) is 0 Å². The van der Waals surface area contributed by atoms with Crippen LogP contribution in [0.3, 0.4) is 0 Å². The SMILES string of the molecule is N#Cc1cccc(NS)c1. The van der Waals surface area contributed by atoms with Crippen LogP contribution in [0.25, 0.3) is 0 Å². The van der Waals surface area contributed by atoms with Gasteiger partial charge in [-0.15, -0.1) is 0 Å². The predicted octanol–water partition coefficient (Wildman–Crippen LogP) is 1.81. The molecule has 1 aromatic rings. The molecule has 0 aromatic heterocycles. The first-order valence-corrected chi connectivity index (χ1v) is 3.22. The fourth-order valence-corrected chi connectivity index (χ4v) is 0.797. The Bertz CT molecular complexity index is 265. The van der Waals surface area contributed by atoms with Gasteiger partial charge >= 0.3 is 0 Å². The second kappa shape index (κ2) is 3.14. The first kappa shape index (κ1) is 6.97. The van der Waals surface area contributed by atoms with E-state index in [0.29, 0.717) is 5.56 Å². The molecule has 0 aliphatic carbocycles. The Hall–Kier alpha value is -1.14. The fourth-order valence-electron chi connectivity index (χ4n) is 0.658. The van der Waals surface area contributed by atoms with Crippen LogP contribution in [0.15, 0.2) is 24.3 Å². The summed E-state index contributed by atoms with van der Waals surface area (Å²) < 4.78 is 2.64. The molecule has 3 heteroatoms. The molecule has 0 atom stereocenters. The number of nitriles is 1. The molecule has 1 rings (SSSR count). The summed E-state index contributed by atoms with van der Waals surface area (Å²) in [5.74, 6) is 0. The van der Waals surface area contributed by atoms with Gasteiger partial charge in [0.15, 0.2) is 0 Å². The van der Waals surface area contributed by atoms with Gasteiger partial charge in [0.2, 0.25) is 0 Å². The van der Waals surface area contributed by atoms with Crippen LogP contribution in [0.1, 0.15) is 5.56 Å². The lowest BCUT2D eigenvalue weighted by atomic mass is 10.2. The third-order valence-corrected chi connectivity index (χ3v) is 1.38. The van der Waals surface area contributed by atoms with Crippen molar-refractivity contribution in [1.29, 1.82) is 5.26 Å². The highest BCUT2D eigenvalue weighted by molar-refractivity contribution is 7.81. The average molecular weight is 150 g/mol. The Morgan fingerprint density at radius 3 is 2.90 bits per heavy atom. The van der Waals surface area contributed by atoms with Crippen molar-refractivity contribution in [2.45, 2.75) is 0 Å². The Morgan fingerprint density at radius 1 is 1.50 bits per heavy atom. The standard InChI is InChI=1S/C7H6N2S/c8-5-6-2-1-3-7(4-6)9-10/h1-4,9-10H. The van der Waals surface area contributed by atoms with E-state index in [1.54, 1.807) is 18.2 Å². The second-order valence-corrected chi connectivity index (χ2v) is 2.03. The van der Waals surface area contributed by atoms with E-state index in [1.165, 1.54) is 0 Å². The molecule has 50 valence electrons. The Kier molecular flexibility index (Phi) is 2.19. The number of hydrogen-bond donors (Lipinski definition) is 2. The summed E-state index contributed by atoms with van der Waals surface area (Å²) in [5, 5.41) is 8.45. The number of nitrogens with zero attached hydrogens (tertiary/aromatic N) is 1. The largest absolute Gasteiger partial charge is 0.332 e. The van der Waals surface area contributed by atoms with Gasteiger partial charge in [-0.1, -0.05) is 18.9 Å². The monoisotopic (exact) mass is 150 g/mol. The normalized spacial score (nSPS) is 8.40. The van der Waals surface area contributed by atoms with Crippen LogP contribution in [0.5, 0.6) is 0 Å². The zero-order valence-electron chi connectivity index (χ0n) is 5.20. The van der Waals surface area contributed by atoms with Gasteiger partial charge in [0.1, 0.15) is 0 Å². The van der Waals surface area contributed by atoms with Gasteiger partial charge in [0, 0.05) is 5.69 Å². The minimum Gasteiger partial charge on any atom is -0.332 e. The minimum atomic E-state index is 0.638. The molecular weight excluding hydrogens is 144 g/mol. The van der Waals surface area contributed by atoms with E-state index < -0.39 is 0 Å². The molecule has 0 fully saturated rings. The highest BCUT2D eigenvalue weighted by Gasteiger charge is 1.89. The maximum absolute atomic E-state index is 8.45. The molecule has 0 saturated carbocycles. The third-order valence-electron chi connectivity index (χ3n) is 1.12. The van der Waals surface area contributed by atoms with Gasteiger partial charge in [0.25, 0.3) is 0 Å². The highest BCUT2D eigenvalue weighted by atomic mass is 32.1. The van der Waals surface area contributed by atoms with Crippen LogP contribution >= 0.6 is 12.8 Å². The van der Waals surface area contributed by atoms with Gasteiger partial charge in [-0.3, -0.25) is 0 Å². The first-order chi connectivity index (χ1) is 4.86. The van der Waals surface area contributed by atoms with E-state index in [0.717, 1.165) is 5.69 Å². The van der Waals surface area contributed by atoms with Crippen molar-refractivity contribution < 1.29 is 0 Å². The van der Waals surface area contributed by atoms with E-state index in [4.69, 9.17) is 5.26 Å². The zero-order chi connectivity index (χ0) is 7.40. The summed E-state index contributed by atoms with van der Waals surface area (Å²) in [5.41, 5.74) is 1.47. The third kappa shape index (κ3) is 1.42. The fraction of sp³-hybridized carbons (Fsp3) is 0. The molecule has 2 nitrogen and oxygen atoms in total. The topological polar surface area (TPSA) is 35.8 Å².